The topological polar surface area (TPSA) is 49.8 Å². The summed E-state index contributed by atoms with van der Waals surface area (Å²) in [4.78, 5) is 11.2. The Bertz CT molecular complexity index is 680. The van der Waals surface area contributed by atoms with Gasteiger partial charge in [0.2, 0.25) is 0 Å². The number of nitrogens with one attached hydrogen (secondary N) is 1. The van der Waals surface area contributed by atoms with Crippen molar-refractivity contribution in [2.24, 2.45) is 4.99 Å². The van der Waals surface area contributed by atoms with Gasteiger partial charge in [0.15, 0.2) is 5.96 Å². The lowest BCUT2D eigenvalue weighted by molar-refractivity contribution is 0.327. The average Bonchev–Trinajstić information content (AvgIpc) is 2.96. The Morgan fingerprint density at radius 2 is 2.16 bits per heavy atom. The first kappa shape index (κ1) is 22.0. The van der Waals surface area contributed by atoms with Crippen LogP contribution in [-0.4, -0.2) is 42.6 Å². The Hall–Kier alpha value is -1.06. The third kappa shape index (κ3) is 7.37. The van der Waals surface area contributed by atoms with E-state index in [1.807, 2.05) is 38.2 Å². The van der Waals surface area contributed by atoms with Gasteiger partial charge < -0.3 is 15.0 Å². The molecule has 0 aliphatic carbocycles. The molecule has 1 aromatic heterocycles. The van der Waals surface area contributed by atoms with Crippen molar-refractivity contribution in [2.75, 3.05) is 26.7 Å². The summed E-state index contributed by atoms with van der Waals surface area (Å²) in [6.45, 7) is 6.62. The van der Waals surface area contributed by atoms with Crippen molar-refractivity contribution in [3.05, 3.63) is 45.4 Å². The Morgan fingerprint density at radius 1 is 1.40 bits per heavy atom. The summed E-state index contributed by atoms with van der Waals surface area (Å²) in [6.07, 6.45) is 0. The molecule has 1 heterocycles. The molecule has 0 fully saturated rings. The smallest absolute Gasteiger partial charge is 0.194 e. The van der Waals surface area contributed by atoms with Crippen LogP contribution in [0.3, 0.4) is 0 Å². The lowest BCUT2D eigenvalue weighted by Gasteiger charge is -2.21. The van der Waals surface area contributed by atoms with E-state index in [1.54, 1.807) is 11.3 Å². The number of para-hydroxylation sites is 1. The van der Waals surface area contributed by atoms with E-state index in [9.17, 15) is 0 Å². The maximum absolute atomic E-state index is 6.07. The van der Waals surface area contributed by atoms with Crippen molar-refractivity contribution in [3.8, 4) is 5.75 Å². The molecule has 138 valence electrons. The van der Waals surface area contributed by atoms with E-state index in [1.165, 1.54) is 0 Å². The molecule has 0 amide bonds. The van der Waals surface area contributed by atoms with Crippen molar-refractivity contribution in [2.45, 2.75) is 20.4 Å². The summed E-state index contributed by atoms with van der Waals surface area (Å²) in [5.41, 5.74) is 1.05. The largest absolute Gasteiger partial charge is 0.490 e. The Morgan fingerprint density at radius 3 is 2.80 bits per heavy atom. The lowest BCUT2D eigenvalue weighted by Crippen LogP contribution is -2.38. The molecule has 8 heteroatoms. The van der Waals surface area contributed by atoms with Gasteiger partial charge in [-0.05, 0) is 26.0 Å². The molecule has 0 radical (unpaired) electrons. The first-order valence-corrected chi connectivity index (χ1v) is 9.13. The zero-order valence-corrected chi connectivity index (χ0v) is 18.6. The van der Waals surface area contributed by atoms with Gasteiger partial charge in [0.1, 0.15) is 12.4 Å². The van der Waals surface area contributed by atoms with Crippen LogP contribution in [-0.2, 0) is 6.54 Å². The molecule has 25 heavy (non-hydrogen) atoms. The van der Waals surface area contributed by atoms with Gasteiger partial charge in [-0.2, -0.15) is 0 Å². The number of benzene rings is 1. The molecule has 0 aliphatic rings. The number of aromatic nitrogens is 1. The predicted octanol–water partition coefficient (Wildman–Crippen LogP) is 4.20. The van der Waals surface area contributed by atoms with Crippen molar-refractivity contribution in [3.63, 3.8) is 0 Å². The normalized spacial score (nSPS) is 11.0. The number of aryl methyl sites for hydroxylation is 1. The van der Waals surface area contributed by atoms with Crippen molar-refractivity contribution in [1.29, 1.82) is 0 Å². The van der Waals surface area contributed by atoms with Gasteiger partial charge in [-0.1, -0.05) is 23.7 Å². The van der Waals surface area contributed by atoms with Crippen molar-refractivity contribution >= 4 is 52.9 Å². The van der Waals surface area contributed by atoms with Crippen LogP contribution in [0.5, 0.6) is 5.75 Å². The van der Waals surface area contributed by atoms with E-state index < -0.39 is 0 Å². The molecule has 0 saturated carbocycles. The molecule has 0 spiro atoms. The van der Waals surface area contributed by atoms with E-state index >= 15 is 0 Å². The van der Waals surface area contributed by atoms with E-state index in [2.05, 4.69) is 32.5 Å². The summed E-state index contributed by atoms with van der Waals surface area (Å²) in [5.74, 6) is 1.52. The van der Waals surface area contributed by atoms with Gasteiger partial charge in [0, 0.05) is 19.0 Å². The van der Waals surface area contributed by atoms with E-state index in [-0.39, 0.29) is 24.0 Å². The molecule has 0 unspecified atom stereocenters. The van der Waals surface area contributed by atoms with Crippen LogP contribution in [0.15, 0.2) is 34.6 Å². The fourth-order valence-corrected chi connectivity index (χ4v) is 2.93. The zero-order chi connectivity index (χ0) is 17.4. The molecule has 0 aliphatic heterocycles. The van der Waals surface area contributed by atoms with Crippen LogP contribution < -0.4 is 10.1 Å². The number of ether oxygens (including phenoxy) is 1. The highest BCUT2D eigenvalue weighted by atomic mass is 127. The third-order valence-electron chi connectivity index (χ3n) is 3.21. The molecule has 1 aromatic carbocycles. The Balaban J connectivity index is 0.00000312. The fourth-order valence-electron chi connectivity index (χ4n) is 2.14. The highest BCUT2D eigenvalue weighted by Crippen LogP contribution is 2.22. The second kappa shape index (κ2) is 11.5. The van der Waals surface area contributed by atoms with Gasteiger partial charge >= 0.3 is 0 Å². The molecule has 0 bridgehead atoms. The number of rotatable bonds is 7. The van der Waals surface area contributed by atoms with E-state index in [4.69, 9.17) is 16.3 Å². The summed E-state index contributed by atoms with van der Waals surface area (Å²) < 4.78 is 5.67. The maximum atomic E-state index is 6.07. The highest BCUT2D eigenvalue weighted by molar-refractivity contribution is 14.0. The molecule has 5 nitrogen and oxygen atoms in total. The van der Waals surface area contributed by atoms with E-state index in [0.717, 1.165) is 29.8 Å². The molecule has 2 rings (SSSR count). The third-order valence-corrected chi connectivity index (χ3v) is 4.34. The lowest BCUT2D eigenvalue weighted by atomic mass is 10.3. The molecular weight excluding hydrogens is 471 g/mol. The van der Waals surface area contributed by atoms with Crippen molar-refractivity contribution in [1.82, 2.24) is 15.2 Å². The minimum absolute atomic E-state index is 0. The SMILES string of the molecule is CCNC(=NCCOc1ccccc1Cl)N(C)Cc1csc(C)n1.I. The van der Waals surface area contributed by atoms with Gasteiger partial charge in [-0.25, -0.2) is 9.98 Å². The minimum Gasteiger partial charge on any atom is -0.490 e. The second-order valence-electron chi connectivity index (χ2n) is 5.23. The average molecular weight is 495 g/mol. The summed E-state index contributed by atoms with van der Waals surface area (Å²) in [5, 5.41) is 7.06. The molecular formula is C17H24ClIN4OS. The van der Waals surface area contributed by atoms with Gasteiger partial charge in [-0.15, -0.1) is 35.3 Å². The van der Waals surface area contributed by atoms with Crippen LogP contribution in [0, 0.1) is 6.92 Å². The molecule has 1 N–H and O–H groups in total. The maximum Gasteiger partial charge on any atom is 0.194 e. The zero-order valence-electron chi connectivity index (χ0n) is 14.7. The monoisotopic (exact) mass is 494 g/mol. The number of hydrogen-bond donors (Lipinski definition) is 1. The molecule has 0 atom stereocenters. The first-order valence-electron chi connectivity index (χ1n) is 7.88. The van der Waals surface area contributed by atoms with Crippen LogP contribution >= 0.6 is 46.9 Å². The number of thiazole rings is 1. The van der Waals surface area contributed by atoms with Gasteiger partial charge in [0.25, 0.3) is 0 Å². The number of hydrogen-bond acceptors (Lipinski definition) is 4. The number of halogens is 2. The second-order valence-corrected chi connectivity index (χ2v) is 6.70. The number of nitrogens with zero attached hydrogens (tertiary/aromatic N) is 3. The van der Waals surface area contributed by atoms with Gasteiger partial charge in [-0.3, -0.25) is 0 Å². The molecule has 0 saturated heterocycles. The summed E-state index contributed by atoms with van der Waals surface area (Å²) >= 11 is 7.73. The minimum atomic E-state index is 0. The fraction of sp³-hybridized carbons (Fsp3) is 0.412. The number of guanidine groups is 1. The Labute approximate surface area is 175 Å². The standard InChI is InChI=1S/C17H23ClN4OS.HI/c1-4-19-17(22(3)11-14-12-24-13(2)21-14)20-9-10-23-16-8-6-5-7-15(16)18;/h5-8,12H,4,9-11H2,1-3H3,(H,19,20);1H. The summed E-state index contributed by atoms with van der Waals surface area (Å²) in [6, 6.07) is 7.45. The predicted molar refractivity (Wildman–Crippen MR) is 117 cm³/mol. The highest BCUT2D eigenvalue weighted by Gasteiger charge is 2.08. The van der Waals surface area contributed by atoms with E-state index in [0.29, 0.717) is 23.9 Å². The molecule has 2 aromatic rings. The van der Waals surface area contributed by atoms with Crippen LogP contribution in [0.1, 0.15) is 17.6 Å². The number of aliphatic imine (C=N–C) groups is 1. The quantitative estimate of drug-likeness (QED) is 0.271. The van der Waals surface area contributed by atoms with Crippen LogP contribution in [0.2, 0.25) is 5.02 Å². The first-order chi connectivity index (χ1) is 11.6. The van der Waals surface area contributed by atoms with Gasteiger partial charge in [0.05, 0.1) is 28.8 Å². The summed E-state index contributed by atoms with van der Waals surface area (Å²) in [7, 11) is 2.01. The Kier molecular flexibility index (Phi) is 10.1. The van der Waals surface area contributed by atoms with Crippen molar-refractivity contribution < 1.29 is 4.74 Å². The van der Waals surface area contributed by atoms with Crippen LogP contribution in [0.4, 0.5) is 0 Å². The van der Waals surface area contributed by atoms with Crippen LogP contribution in [0.25, 0.3) is 0 Å².